The first-order valence-corrected chi connectivity index (χ1v) is 10.8. The van der Waals surface area contributed by atoms with Gasteiger partial charge in [0.05, 0.1) is 6.61 Å². The highest BCUT2D eigenvalue weighted by molar-refractivity contribution is 5.78. The fourth-order valence-electron chi connectivity index (χ4n) is 4.37. The second kappa shape index (κ2) is 10.7. The summed E-state index contributed by atoms with van der Waals surface area (Å²) in [7, 11) is 1.66. The molecule has 30 heavy (non-hydrogen) atoms. The van der Waals surface area contributed by atoms with Crippen LogP contribution in [0.3, 0.4) is 0 Å². The van der Waals surface area contributed by atoms with Crippen LogP contribution in [0, 0.1) is 17.7 Å². The van der Waals surface area contributed by atoms with E-state index in [1.807, 2.05) is 30.9 Å². The number of carbonyl (C=O) groups is 1. The van der Waals surface area contributed by atoms with E-state index in [0.717, 1.165) is 25.2 Å². The number of methoxy groups -OCH3 is 1. The third-order valence-corrected chi connectivity index (χ3v) is 5.87. The maximum absolute atomic E-state index is 14.0. The first-order chi connectivity index (χ1) is 14.5. The van der Waals surface area contributed by atoms with E-state index < -0.39 is 0 Å². The Balaban J connectivity index is 1.80. The molecule has 4 nitrogen and oxygen atoms in total. The van der Waals surface area contributed by atoms with Gasteiger partial charge in [-0.15, -0.1) is 0 Å². The molecule has 1 aliphatic rings. The predicted octanol–water partition coefficient (Wildman–Crippen LogP) is 4.17. The quantitative estimate of drug-likeness (QED) is 0.620. The molecule has 1 amide bonds. The topological polar surface area (TPSA) is 32.8 Å². The van der Waals surface area contributed by atoms with Crippen LogP contribution >= 0.6 is 0 Å². The minimum Gasteiger partial charge on any atom is -0.383 e. The molecule has 0 saturated carbocycles. The standard InChI is InChI=1S/C25H33FN2O2/c1-19(2)25(29)28(12-13-30-3)17-22-16-27(15-20-8-5-4-6-9-20)18-24(22)21-10-7-11-23(26)14-21/h4-11,14,19,22,24H,12-13,15-18H2,1-3H3. The molecule has 2 atom stereocenters. The first-order valence-electron chi connectivity index (χ1n) is 10.8. The zero-order valence-electron chi connectivity index (χ0n) is 18.3. The Hall–Kier alpha value is -2.24. The van der Waals surface area contributed by atoms with Crippen molar-refractivity contribution < 1.29 is 13.9 Å². The summed E-state index contributed by atoms with van der Waals surface area (Å²) < 4.78 is 19.2. The molecule has 1 aliphatic heterocycles. The lowest BCUT2D eigenvalue weighted by atomic mass is 9.88. The molecule has 2 unspecified atom stereocenters. The van der Waals surface area contributed by atoms with Crippen molar-refractivity contribution in [1.29, 1.82) is 0 Å². The van der Waals surface area contributed by atoms with Gasteiger partial charge in [0.2, 0.25) is 5.91 Å². The summed E-state index contributed by atoms with van der Waals surface area (Å²) in [6, 6.07) is 17.3. The zero-order chi connectivity index (χ0) is 21.5. The summed E-state index contributed by atoms with van der Waals surface area (Å²) in [6.45, 7) is 8.22. The molecule has 0 aliphatic carbocycles. The fraction of sp³-hybridized carbons (Fsp3) is 0.480. The van der Waals surface area contributed by atoms with Crippen molar-refractivity contribution >= 4 is 5.91 Å². The highest BCUT2D eigenvalue weighted by Gasteiger charge is 2.36. The van der Waals surface area contributed by atoms with Gasteiger partial charge in [-0.05, 0) is 29.2 Å². The highest BCUT2D eigenvalue weighted by atomic mass is 19.1. The zero-order valence-corrected chi connectivity index (χ0v) is 18.3. The molecule has 162 valence electrons. The largest absolute Gasteiger partial charge is 0.383 e. The second-order valence-electron chi connectivity index (χ2n) is 8.53. The van der Waals surface area contributed by atoms with Crippen LogP contribution in [-0.4, -0.2) is 55.6 Å². The molecule has 5 heteroatoms. The molecule has 0 radical (unpaired) electrons. The van der Waals surface area contributed by atoms with Gasteiger partial charge in [0.25, 0.3) is 0 Å². The van der Waals surface area contributed by atoms with Crippen LogP contribution in [0.1, 0.15) is 30.9 Å². The molecule has 1 saturated heterocycles. The molecular formula is C25H33FN2O2. The Morgan fingerprint density at radius 2 is 1.93 bits per heavy atom. The van der Waals surface area contributed by atoms with Gasteiger partial charge in [0.15, 0.2) is 0 Å². The Morgan fingerprint density at radius 3 is 2.60 bits per heavy atom. The summed E-state index contributed by atoms with van der Waals surface area (Å²) in [5, 5.41) is 0. The van der Waals surface area contributed by atoms with E-state index in [1.54, 1.807) is 19.2 Å². The smallest absolute Gasteiger partial charge is 0.225 e. The summed E-state index contributed by atoms with van der Waals surface area (Å²) in [4.78, 5) is 17.2. The number of ether oxygens (including phenoxy) is 1. The summed E-state index contributed by atoms with van der Waals surface area (Å²) >= 11 is 0. The van der Waals surface area contributed by atoms with Gasteiger partial charge in [-0.3, -0.25) is 9.69 Å². The second-order valence-corrected chi connectivity index (χ2v) is 8.53. The van der Waals surface area contributed by atoms with Crippen molar-refractivity contribution in [3.8, 4) is 0 Å². The maximum atomic E-state index is 14.0. The third kappa shape index (κ3) is 5.89. The lowest BCUT2D eigenvalue weighted by molar-refractivity contribution is -0.135. The molecule has 0 spiro atoms. The normalized spacial score (nSPS) is 19.4. The van der Waals surface area contributed by atoms with Crippen molar-refractivity contribution in [3.63, 3.8) is 0 Å². The summed E-state index contributed by atoms with van der Waals surface area (Å²) in [5.41, 5.74) is 2.28. The SMILES string of the molecule is COCCN(CC1CN(Cc2ccccc2)CC1c1cccc(F)c1)C(=O)C(C)C. The number of benzene rings is 2. The van der Waals surface area contributed by atoms with Crippen LogP contribution in [0.5, 0.6) is 0 Å². The third-order valence-electron chi connectivity index (χ3n) is 5.87. The van der Waals surface area contributed by atoms with E-state index in [1.165, 1.54) is 11.6 Å². The monoisotopic (exact) mass is 412 g/mol. The number of hydrogen-bond acceptors (Lipinski definition) is 3. The van der Waals surface area contributed by atoms with E-state index in [4.69, 9.17) is 4.74 Å². The molecule has 2 aromatic rings. The van der Waals surface area contributed by atoms with E-state index >= 15 is 0 Å². The van der Waals surface area contributed by atoms with Gasteiger partial charge in [0.1, 0.15) is 5.82 Å². The summed E-state index contributed by atoms with van der Waals surface area (Å²) in [5.74, 6) is 0.314. The molecule has 0 bridgehead atoms. The van der Waals surface area contributed by atoms with Crippen molar-refractivity contribution in [2.75, 3.05) is 39.9 Å². The molecule has 0 N–H and O–H groups in total. The summed E-state index contributed by atoms with van der Waals surface area (Å²) in [6.07, 6.45) is 0. The molecular weight excluding hydrogens is 379 g/mol. The van der Waals surface area contributed by atoms with Crippen LogP contribution in [0.15, 0.2) is 54.6 Å². The lowest BCUT2D eigenvalue weighted by Crippen LogP contribution is -2.41. The van der Waals surface area contributed by atoms with Crippen molar-refractivity contribution in [2.24, 2.45) is 11.8 Å². The number of halogens is 1. The first kappa shape index (κ1) is 22.4. The van der Waals surface area contributed by atoms with Crippen LogP contribution in [0.2, 0.25) is 0 Å². The lowest BCUT2D eigenvalue weighted by Gasteiger charge is -2.29. The average Bonchev–Trinajstić information content (AvgIpc) is 3.13. The van der Waals surface area contributed by atoms with Gasteiger partial charge in [0, 0.05) is 51.7 Å². The van der Waals surface area contributed by atoms with Gasteiger partial charge >= 0.3 is 0 Å². The maximum Gasteiger partial charge on any atom is 0.225 e. The minimum atomic E-state index is -0.206. The Kier molecular flexibility index (Phi) is 8.00. The Bertz CT molecular complexity index is 812. The molecule has 0 aromatic heterocycles. The minimum absolute atomic E-state index is 0.0590. The molecule has 1 fully saturated rings. The molecule has 3 rings (SSSR count). The molecule has 1 heterocycles. The van der Waals surface area contributed by atoms with E-state index in [9.17, 15) is 9.18 Å². The Morgan fingerprint density at radius 1 is 1.17 bits per heavy atom. The van der Waals surface area contributed by atoms with Gasteiger partial charge < -0.3 is 9.64 Å². The highest BCUT2D eigenvalue weighted by Crippen LogP contribution is 2.34. The van der Waals surface area contributed by atoms with Crippen LogP contribution in [0.4, 0.5) is 4.39 Å². The van der Waals surface area contributed by atoms with Crippen molar-refractivity contribution in [3.05, 3.63) is 71.5 Å². The van der Waals surface area contributed by atoms with Crippen LogP contribution < -0.4 is 0 Å². The Labute approximate surface area is 179 Å². The fourth-order valence-corrected chi connectivity index (χ4v) is 4.37. The number of hydrogen-bond donors (Lipinski definition) is 0. The van der Waals surface area contributed by atoms with Gasteiger partial charge in [-0.1, -0.05) is 56.3 Å². The molecule has 2 aromatic carbocycles. The van der Waals surface area contributed by atoms with Crippen molar-refractivity contribution in [1.82, 2.24) is 9.80 Å². The van der Waals surface area contributed by atoms with Gasteiger partial charge in [-0.25, -0.2) is 4.39 Å². The van der Waals surface area contributed by atoms with Gasteiger partial charge in [-0.2, -0.15) is 0 Å². The number of amides is 1. The number of nitrogens with zero attached hydrogens (tertiary/aromatic N) is 2. The average molecular weight is 413 g/mol. The van der Waals surface area contributed by atoms with E-state index in [0.29, 0.717) is 19.7 Å². The van der Waals surface area contributed by atoms with E-state index in [-0.39, 0.29) is 29.5 Å². The van der Waals surface area contributed by atoms with E-state index in [2.05, 4.69) is 29.2 Å². The predicted molar refractivity (Wildman–Crippen MR) is 118 cm³/mol. The van der Waals surface area contributed by atoms with Crippen LogP contribution in [0.25, 0.3) is 0 Å². The van der Waals surface area contributed by atoms with Crippen LogP contribution in [-0.2, 0) is 16.1 Å². The van der Waals surface area contributed by atoms with Crippen molar-refractivity contribution in [2.45, 2.75) is 26.3 Å². The number of carbonyl (C=O) groups excluding carboxylic acids is 1. The number of likely N-dealkylation sites (tertiary alicyclic amines) is 1. The number of rotatable bonds is 9.